The highest BCUT2D eigenvalue weighted by Crippen LogP contribution is 2.32. The molecule has 1 aliphatic rings. The van der Waals surface area contributed by atoms with Crippen LogP contribution in [0.5, 0.6) is 5.75 Å². The molecule has 6 N–H and O–H groups in total. The van der Waals surface area contributed by atoms with Gasteiger partial charge in [0.1, 0.15) is 12.4 Å². The minimum Gasteiger partial charge on any atom is -0.481 e. The molecule has 0 radical (unpaired) electrons. The molecule has 0 fully saturated rings. The van der Waals surface area contributed by atoms with Crippen molar-refractivity contribution < 1.29 is 24.3 Å². The number of amides is 2. The zero-order valence-corrected chi connectivity index (χ0v) is 16.0. The summed E-state index contributed by atoms with van der Waals surface area (Å²) in [5.74, 6) is 3.85. The third-order valence-corrected chi connectivity index (χ3v) is 4.24. The Labute approximate surface area is 163 Å². The topological polar surface area (TPSA) is 137 Å². The van der Waals surface area contributed by atoms with Crippen LogP contribution in [0, 0.1) is 11.8 Å². The molecule has 8 heteroatoms. The number of carbonyl (C=O) groups excluding carboxylic acids is 2. The van der Waals surface area contributed by atoms with Gasteiger partial charge in [-0.25, -0.2) is 5.48 Å². The fraction of sp³-hybridized carbons (Fsp3) is 0.400. The molecule has 150 valence electrons. The summed E-state index contributed by atoms with van der Waals surface area (Å²) in [6, 6.07) is 4.55. The lowest BCUT2D eigenvalue weighted by atomic mass is 9.80. The third kappa shape index (κ3) is 5.57. The number of primary amides is 1. The molecule has 0 aromatic heterocycles. The number of hydrogen-bond donors (Lipinski definition) is 4. The van der Waals surface area contributed by atoms with Gasteiger partial charge in [0, 0.05) is 23.1 Å². The molecule has 0 saturated heterocycles. The maximum absolute atomic E-state index is 12.2. The molecule has 0 aliphatic carbocycles. The summed E-state index contributed by atoms with van der Waals surface area (Å²) in [4.78, 5) is 24.0. The van der Waals surface area contributed by atoms with E-state index in [0.717, 1.165) is 12.0 Å². The standard InChI is InChI=1S/C20H25N3O5/c1-20(2,22)17(19(25)23-26)16-12-14(5-6-15(16)18(21)24)28-9-3-4-13-7-10-27-11-8-13/h5-7,12,17,26H,8-11,22H2,1-2H3,(H2,21,24)(H,23,25)/t17-/m1/s1. The molecule has 1 aromatic carbocycles. The van der Waals surface area contributed by atoms with Crippen LogP contribution in [-0.4, -0.2) is 42.4 Å². The van der Waals surface area contributed by atoms with Crippen LogP contribution in [0.4, 0.5) is 0 Å². The zero-order chi connectivity index (χ0) is 20.7. The summed E-state index contributed by atoms with van der Waals surface area (Å²) in [6.45, 7) is 4.56. The summed E-state index contributed by atoms with van der Waals surface area (Å²) in [5, 5.41) is 9.09. The first-order chi connectivity index (χ1) is 13.2. The Kier molecular flexibility index (Phi) is 7.18. The molecule has 28 heavy (non-hydrogen) atoms. The number of carbonyl (C=O) groups is 2. The highest BCUT2D eigenvalue weighted by atomic mass is 16.5. The van der Waals surface area contributed by atoms with E-state index in [1.165, 1.54) is 12.1 Å². The van der Waals surface area contributed by atoms with E-state index in [0.29, 0.717) is 19.0 Å². The van der Waals surface area contributed by atoms with E-state index in [4.69, 9.17) is 26.1 Å². The predicted octanol–water partition coefficient (Wildman–Crippen LogP) is 0.841. The average molecular weight is 387 g/mol. The molecule has 1 aromatic rings. The number of rotatable bonds is 6. The summed E-state index contributed by atoms with van der Waals surface area (Å²) >= 11 is 0. The van der Waals surface area contributed by atoms with Gasteiger partial charge in [-0.3, -0.25) is 14.8 Å². The van der Waals surface area contributed by atoms with Crippen LogP contribution in [-0.2, 0) is 9.53 Å². The van der Waals surface area contributed by atoms with Crippen molar-refractivity contribution in [3.63, 3.8) is 0 Å². The second-order valence-corrected chi connectivity index (χ2v) is 6.99. The number of hydroxylamine groups is 1. The van der Waals surface area contributed by atoms with Gasteiger partial charge in [-0.15, -0.1) is 0 Å². The Hall–Kier alpha value is -2.86. The first-order valence-electron chi connectivity index (χ1n) is 8.79. The molecule has 8 nitrogen and oxygen atoms in total. The fourth-order valence-electron chi connectivity index (χ4n) is 2.95. The van der Waals surface area contributed by atoms with E-state index in [2.05, 4.69) is 11.8 Å². The van der Waals surface area contributed by atoms with Gasteiger partial charge in [-0.05, 0) is 43.7 Å². The van der Waals surface area contributed by atoms with Crippen LogP contribution in [0.25, 0.3) is 0 Å². The van der Waals surface area contributed by atoms with E-state index >= 15 is 0 Å². The summed E-state index contributed by atoms with van der Waals surface area (Å²) in [7, 11) is 0. The number of benzene rings is 1. The van der Waals surface area contributed by atoms with Crippen LogP contribution in [0.15, 0.2) is 29.8 Å². The minimum atomic E-state index is -1.08. The van der Waals surface area contributed by atoms with Crippen molar-refractivity contribution in [3.8, 4) is 17.6 Å². The summed E-state index contributed by atoms with van der Waals surface area (Å²) in [6.07, 6.45) is 2.70. The van der Waals surface area contributed by atoms with Gasteiger partial charge in [0.25, 0.3) is 5.91 Å². The van der Waals surface area contributed by atoms with Crippen molar-refractivity contribution in [3.05, 3.63) is 41.0 Å². The van der Waals surface area contributed by atoms with Crippen molar-refractivity contribution in [2.24, 2.45) is 11.5 Å². The van der Waals surface area contributed by atoms with Gasteiger partial charge in [-0.2, -0.15) is 0 Å². The van der Waals surface area contributed by atoms with Gasteiger partial charge in [0.05, 0.1) is 19.1 Å². The van der Waals surface area contributed by atoms with E-state index in [-0.39, 0.29) is 17.7 Å². The van der Waals surface area contributed by atoms with Crippen LogP contribution in [0.1, 0.15) is 42.1 Å². The van der Waals surface area contributed by atoms with Gasteiger partial charge >= 0.3 is 0 Å². The van der Waals surface area contributed by atoms with E-state index in [1.54, 1.807) is 25.4 Å². The van der Waals surface area contributed by atoms with E-state index in [9.17, 15) is 9.59 Å². The minimum absolute atomic E-state index is 0.121. The van der Waals surface area contributed by atoms with Crippen LogP contribution in [0.3, 0.4) is 0 Å². The molecule has 1 aliphatic heterocycles. The van der Waals surface area contributed by atoms with Crippen molar-refractivity contribution in [1.29, 1.82) is 0 Å². The van der Waals surface area contributed by atoms with Crippen LogP contribution in [0.2, 0.25) is 0 Å². The number of ether oxygens (including phenoxy) is 2. The fourth-order valence-corrected chi connectivity index (χ4v) is 2.95. The Bertz CT molecular complexity index is 830. The maximum atomic E-state index is 12.2. The lowest BCUT2D eigenvalue weighted by molar-refractivity contribution is -0.132. The van der Waals surface area contributed by atoms with E-state index in [1.807, 2.05) is 6.08 Å². The molecule has 1 atom stereocenters. The lowest BCUT2D eigenvalue weighted by Crippen LogP contribution is -2.47. The van der Waals surface area contributed by atoms with Gasteiger partial charge in [0.15, 0.2) is 0 Å². The quantitative estimate of drug-likeness (QED) is 0.324. The largest absolute Gasteiger partial charge is 0.481 e. The number of nitrogens with two attached hydrogens (primary N) is 2. The monoisotopic (exact) mass is 387 g/mol. The highest BCUT2D eigenvalue weighted by Gasteiger charge is 2.36. The highest BCUT2D eigenvalue weighted by molar-refractivity contribution is 5.97. The Morgan fingerprint density at radius 3 is 2.75 bits per heavy atom. The van der Waals surface area contributed by atoms with Gasteiger partial charge < -0.3 is 20.9 Å². The first kappa shape index (κ1) is 21.4. The Morgan fingerprint density at radius 2 is 2.18 bits per heavy atom. The molecule has 0 unspecified atom stereocenters. The second kappa shape index (κ2) is 9.37. The van der Waals surface area contributed by atoms with Crippen molar-refractivity contribution in [2.75, 3.05) is 19.8 Å². The number of nitrogens with one attached hydrogen (secondary N) is 1. The summed E-state index contributed by atoms with van der Waals surface area (Å²) in [5.41, 5.74) is 13.5. The molecule has 2 rings (SSSR count). The maximum Gasteiger partial charge on any atom is 0.252 e. The molecule has 0 bridgehead atoms. The van der Waals surface area contributed by atoms with Gasteiger partial charge in [0.2, 0.25) is 5.91 Å². The molecular formula is C20H25N3O5. The van der Waals surface area contributed by atoms with Crippen molar-refractivity contribution >= 4 is 11.8 Å². The predicted molar refractivity (Wildman–Crippen MR) is 103 cm³/mol. The second-order valence-electron chi connectivity index (χ2n) is 6.99. The normalized spacial score (nSPS) is 14.9. The van der Waals surface area contributed by atoms with Crippen molar-refractivity contribution in [2.45, 2.75) is 31.7 Å². The first-order valence-corrected chi connectivity index (χ1v) is 8.79. The SMILES string of the molecule is CC(C)(N)[C@@H](C(=O)NO)c1cc(OCC#CC2=CCOCC2)ccc1C(N)=O. The van der Waals surface area contributed by atoms with E-state index < -0.39 is 23.3 Å². The molecular weight excluding hydrogens is 362 g/mol. The van der Waals surface area contributed by atoms with Gasteiger partial charge in [-0.1, -0.05) is 11.8 Å². The summed E-state index contributed by atoms with van der Waals surface area (Å²) < 4.78 is 10.9. The lowest BCUT2D eigenvalue weighted by Gasteiger charge is -2.30. The molecule has 2 amide bonds. The van der Waals surface area contributed by atoms with Crippen LogP contribution >= 0.6 is 0 Å². The molecule has 0 spiro atoms. The molecule has 1 heterocycles. The van der Waals surface area contributed by atoms with Crippen LogP contribution < -0.4 is 21.7 Å². The Balaban J connectivity index is 2.27. The third-order valence-electron chi connectivity index (χ3n) is 4.24. The number of hydrogen-bond acceptors (Lipinski definition) is 6. The van der Waals surface area contributed by atoms with Crippen molar-refractivity contribution in [1.82, 2.24) is 5.48 Å². The average Bonchev–Trinajstić information content (AvgIpc) is 2.65. The molecule has 0 saturated carbocycles. The zero-order valence-electron chi connectivity index (χ0n) is 16.0. The Morgan fingerprint density at radius 1 is 1.43 bits per heavy atom. The smallest absolute Gasteiger partial charge is 0.252 e.